The van der Waals surface area contributed by atoms with Gasteiger partial charge in [0.1, 0.15) is 9.79 Å². The topological polar surface area (TPSA) is 189 Å². The molecule has 0 atom stereocenters. The number of primary sulfonamides is 2. The van der Waals surface area contributed by atoms with Gasteiger partial charge in [-0.05, 0) is 55.6 Å². The minimum absolute atomic E-state index is 0.226. The van der Waals surface area contributed by atoms with Gasteiger partial charge in [0.05, 0.1) is 14.3 Å². The zero-order chi connectivity index (χ0) is 28.4. The van der Waals surface area contributed by atoms with Crippen molar-refractivity contribution in [1.29, 1.82) is 0 Å². The van der Waals surface area contributed by atoms with Crippen LogP contribution in [0.5, 0.6) is 0 Å². The van der Waals surface area contributed by atoms with E-state index in [2.05, 4.69) is 31.9 Å². The van der Waals surface area contributed by atoms with E-state index in [1.165, 1.54) is 0 Å². The van der Waals surface area contributed by atoms with Crippen molar-refractivity contribution in [3.63, 3.8) is 0 Å². The molecule has 0 radical (unpaired) electrons. The molecule has 4 N–H and O–H groups in total. The largest absolute Gasteiger partial charge is 0.501 e. The average Bonchev–Trinajstić information content (AvgIpc) is 2.64. The van der Waals surface area contributed by atoms with E-state index in [1.54, 1.807) is 0 Å². The fourth-order valence-corrected chi connectivity index (χ4v) is 9.34. The molecule has 2 aromatic carbocycles. The second-order valence-electron chi connectivity index (χ2n) is 6.53. The minimum atomic E-state index is -6.81. The van der Waals surface area contributed by atoms with Crippen molar-refractivity contribution in [2.45, 2.75) is 30.6 Å². The van der Waals surface area contributed by atoms with E-state index in [1.807, 2.05) is 0 Å². The number of alkyl halides is 6. The summed E-state index contributed by atoms with van der Waals surface area (Å²) in [6.07, 6.45) is 0. The van der Waals surface area contributed by atoms with Gasteiger partial charge in [-0.1, -0.05) is 6.07 Å². The molecule has 0 aliphatic carbocycles. The first-order valence-electron chi connectivity index (χ1n) is 8.11. The molecule has 0 saturated carbocycles. The Balaban J connectivity index is 3.42. The Kier molecular flexibility index (Phi) is 7.87. The maximum atomic E-state index is 13.5. The van der Waals surface area contributed by atoms with Gasteiger partial charge < -0.3 is 0 Å². The third kappa shape index (κ3) is 5.44. The average molecular weight is 734 g/mol. The minimum Gasteiger partial charge on any atom is -0.225 e. The van der Waals surface area contributed by atoms with Crippen LogP contribution in [0.2, 0.25) is 0 Å². The predicted molar refractivity (Wildman–Crippen MR) is 117 cm³/mol. The van der Waals surface area contributed by atoms with Crippen LogP contribution in [0.4, 0.5) is 26.3 Å². The molecule has 0 aliphatic rings. The highest BCUT2D eigenvalue weighted by molar-refractivity contribution is 9.10. The molecule has 202 valence electrons. The van der Waals surface area contributed by atoms with E-state index in [-0.39, 0.29) is 10.5 Å². The Morgan fingerprint density at radius 2 is 1.11 bits per heavy atom. The Bertz CT molecular complexity index is 1700. The lowest BCUT2D eigenvalue weighted by molar-refractivity contribution is -0.0445. The summed E-state index contributed by atoms with van der Waals surface area (Å²) in [5.41, 5.74) is -15.0. The molecule has 0 fully saturated rings. The molecule has 2 aromatic rings. The number of sulfonamides is 2. The molecule has 2 rings (SSSR count). The molecule has 0 heterocycles. The highest BCUT2D eigenvalue weighted by Crippen LogP contribution is 2.47. The van der Waals surface area contributed by atoms with Gasteiger partial charge in [-0.25, -0.2) is 43.9 Å². The van der Waals surface area contributed by atoms with Gasteiger partial charge in [-0.2, -0.15) is 26.3 Å². The maximum Gasteiger partial charge on any atom is 0.501 e. The van der Waals surface area contributed by atoms with E-state index in [4.69, 9.17) is 10.3 Å². The summed E-state index contributed by atoms with van der Waals surface area (Å²) in [5.74, 6) is 0. The molecule has 10 nitrogen and oxygen atoms in total. The Morgan fingerprint density at radius 1 is 0.639 bits per heavy atom. The number of benzene rings is 2. The van der Waals surface area contributed by atoms with Crippen molar-refractivity contribution < 1.29 is 60.0 Å². The zero-order valence-corrected chi connectivity index (χ0v) is 22.8. The van der Waals surface area contributed by atoms with Crippen LogP contribution in [-0.2, 0) is 39.7 Å². The molecule has 0 unspecified atom stereocenters. The van der Waals surface area contributed by atoms with Gasteiger partial charge >= 0.3 is 11.0 Å². The smallest absolute Gasteiger partial charge is 0.225 e. The molecule has 0 aromatic heterocycles. The number of rotatable bonds is 5. The summed E-state index contributed by atoms with van der Waals surface area (Å²) in [6, 6.07) is 1.55. The highest BCUT2D eigenvalue weighted by Gasteiger charge is 2.53. The zero-order valence-electron chi connectivity index (χ0n) is 16.4. The summed E-state index contributed by atoms with van der Waals surface area (Å²) in [5, 5.41) is 9.75. The molecular formula is C14H8Br2F6N2O8S4. The third-order valence-electron chi connectivity index (χ3n) is 4.14. The lowest BCUT2D eigenvalue weighted by Crippen LogP contribution is -2.29. The third-order valence-corrected chi connectivity index (χ3v) is 11.6. The van der Waals surface area contributed by atoms with Crippen molar-refractivity contribution in [1.82, 2.24) is 0 Å². The molecule has 0 aliphatic heterocycles. The summed E-state index contributed by atoms with van der Waals surface area (Å²) in [7, 11) is -23.8. The van der Waals surface area contributed by atoms with E-state index in [0.717, 1.165) is 6.07 Å². The van der Waals surface area contributed by atoms with E-state index in [0.29, 0.717) is 12.1 Å². The van der Waals surface area contributed by atoms with Gasteiger partial charge in [-0.3, -0.25) is 0 Å². The number of hydrogen-bond acceptors (Lipinski definition) is 8. The molecular weight excluding hydrogens is 726 g/mol. The Labute approximate surface area is 215 Å². The SMILES string of the molecule is NS(=O)(=O)c1cc(-c2cc(S(=O)(=O)C(F)(F)F)c(Br)c(S(N)(=O)=O)c2S(=O)(=O)C(F)(F)F)ccc1Br. The molecule has 0 amide bonds. The lowest BCUT2D eigenvalue weighted by atomic mass is 10.1. The molecule has 0 bridgehead atoms. The molecule has 0 saturated heterocycles. The standard InChI is InChI=1S/C14H8Br2F6N2O8S4/c15-7-2-1-5(3-8(7)35(23,29)30)6-4-9(33(25,26)13(17,18)19)10(16)12(36(24,31)32)11(6)34(27,28)14(20,21)22/h1-4H,(H2,23,29,30)(H2,24,31,32). The van der Waals surface area contributed by atoms with E-state index in [9.17, 15) is 60.0 Å². The van der Waals surface area contributed by atoms with Crippen molar-refractivity contribution in [2.24, 2.45) is 10.3 Å². The van der Waals surface area contributed by atoms with E-state index < -0.39 is 85.9 Å². The van der Waals surface area contributed by atoms with Crippen molar-refractivity contribution >= 4 is 71.6 Å². The Morgan fingerprint density at radius 3 is 1.50 bits per heavy atom. The second kappa shape index (κ2) is 9.17. The number of sulfone groups is 2. The number of hydrogen-bond donors (Lipinski definition) is 2. The van der Waals surface area contributed by atoms with Crippen molar-refractivity contribution in [2.75, 3.05) is 0 Å². The van der Waals surface area contributed by atoms with Crippen LogP contribution in [0.25, 0.3) is 11.1 Å². The van der Waals surface area contributed by atoms with Crippen LogP contribution in [0.3, 0.4) is 0 Å². The van der Waals surface area contributed by atoms with Gasteiger partial charge in [0, 0.05) is 10.0 Å². The van der Waals surface area contributed by atoms with Crippen LogP contribution >= 0.6 is 31.9 Å². The van der Waals surface area contributed by atoms with Crippen molar-refractivity contribution in [3.8, 4) is 11.1 Å². The summed E-state index contributed by atoms with van der Waals surface area (Å²) < 4.78 is 175. The van der Waals surface area contributed by atoms with Crippen LogP contribution in [0, 0.1) is 0 Å². The van der Waals surface area contributed by atoms with Crippen LogP contribution in [-0.4, -0.2) is 44.7 Å². The highest BCUT2D eigenvalue weighted by atomic mass is 79.9. The summed E-state index contributed by atoms with van der Waals surface area (Å²) in [6.45, 7) is 0. The maximum absolute atomic E-state index is 13.5. The monoisotopic (exact) mass is 732 g/mol. The summed E-state index contributed by atoms with van der Waals surface area (Å²) in [4.78, 5) is -7.42. The normalized spacial score (nSPS) is 14.2. The fourth-order valence-electron chi connectivity index (χ4n) is 2.65. The van der Waals surface area contributed by atoms with Crippen LogP contribution in [0.1, 0.15) is 0 Å². The fraction of sp³-hybridized carbons (Fsp3) is 0.143. The summed E-state index contributed by atoms with van der Waals surface area (Å²) >= 11 is 4.86. The molecule has 0 spiro atoms. The molecule has 36 heavy (non-hydrogen) atoms. The second-order valence-corrected chi connectivity index (χ2v) is 15.0. The first kappa shape index (κ1) is 30.9. The van der Waals surface area contributed by atoms with Gasteiger partial charge in [0.25, 0.3) is 19.7 Å². The van der Waals surface area contributed by atoms with Crippen molar-refractivity contribution in [3.05, 3.63) is 33.2 Å². The quantitative estimate of drug-likeness (QED) is 0.439. The van der Waals surface area contributed by atoms with Gasteiger partial charge in [0.15, 0.2) is 0 Å². The van der Waals surface area contributed by atoms with E-state index >= 15 is 0 Å². The van der Waals surface area contributed by atoms with Crippen LogP contribution in [0.15, 0.2) is 52.8 Å². The van der Waals surface area contributed by atoms with Crippen LogP contribution < -0.4 is 10.3 Å². The molecule has 22 heteroatoms. The van der Waals surface area contributed by atoms with Gasteiger partial charge in [-0.15, -0.1) is 0 Å². The Hall–Kier alpha value is -1.30. The number of nitrogens with two attached hydrogens (primary N) is 2. The first-order chi connectivity index (χ1) is 15.8. The predicted octanol–water partition coefficient (Wildman–Crippen LogP) is 2.76. The first-order valence-corrected chi connectivity index (χ1v) is 15.8. The lowest BCUT2D eigenvalue weighted by Gasteiger charge is -2.21. The van der Waals surface area contributed by atoms with Gasteiger partial charge in [0.2, 0.25) is 20.0 Å². The number of halogens is 8.